The smallest absolute Gasteiger partial charge is 0.287 e. The molecule has 2 bridgehead atoms. The monoisotopic (exact) mass is 473 g/mol. The van der Waals surface area contributed by atoms with Crippen LogP contribution in [-0.2, 0) is 20.0 Å². The van der Waals surface area contributed by atoms with E-state index in [0.717, 1.165) is 24.8 Å². The van der Waals surface area contributed by atoms with E-state index >= 15 is 0 Å². The average molecular weight is 474 g/mol. The van der Waals surface area contributed by atoms with Gasteiger partial charge in [-0.15, -0.1) is 10.2 Å². The number of amides is 1. The number of benzene rings is 1. The summed E-state index contributed by atoms with van der Waals surface area (Å²) in [5.74, 6) is 1.18. The molecule has 8 nitrogen and oxygen atoms in total. The highest BCUT2D eigenvalue weighted by atomic mass is 35.5. The molecular weight excluding hydrogens is 454 g/mol. The zero-order valence-electron chi connectivity index (χ0n) is 17.2. The summed E-state index contributed by atoms with van der Waals surface area (Å²) in [6, 6.07) is 10.4. The molecule has 0 radical (unpaired) electrons. The molecule has 1 amide bonds. The van der Waals surface area contributed by atoms with E-state index < -0.39 is 14.6 Å². The third-order valence-corrected chi connectivity index (χ3v) is 9.35. The standard InChI is InChI=1S/C22H20ClN3O5S/c1-32(28,29)22(8-9-22)16-7-6-15(30-16)17(27)24-21-10-20(11-21,12-21)19-26-25-18(31-19)13-2-4-14(23)5-3-13/h2-7H,8-12H2,1H3,(H,24,27). The van der Waals surface area contributed by atoms with E-state index in [4.69, 9.17) is 20.4 Å². The van der Waals surface area contributed by atoms with Crippen LogP contribution in [0.1, 0.15) is 54.3 Å². The Balaban J connectivity index is 1.12. The van der Waals surface area contributed by atoms with Gasteiger partial charge in [0.05, 0.1) is 5.41 Å². The van der Waals surface area contributed by atoms with E-state index in [2.05, 4.69) is 15.5 Å². The Kier molecular flexibility index (Phi) is 3.89. The van der Waals surface area contributed by atoms with Gasteiger partial charge in [-0.25, -0.2) is 8.42 Å². The lowest BCUT2D eigenvalue weighted by Crippen LogP contribution is -2.76. The minimum atomic E-state index is -3.29. The van der Waals surface area contributed by atoms with E-state index in [1.807, 2.05) is 12.1 Å². The minimum Gasteiger partial charge on any atom is -0.454 e. The lowest BCUT2D eigenvalue weighted by atomic mass is 9.39. The van der Waals surface area contributed by atoms with Crippen molar-refractivity contribution in [2.24, 2.45) is 0 Å². The van der Waals surface area contributed by atoms with Crippen molar-refractivity contribution in [1.29, 1.82) is 0 Å². The normalized spacial score (nSPS) is 27.3. The van der Waals surface area contributed by atoms with Crippen molar-refractivity contribution in [3.8, 4) is 11.5 Å². The van der Waals surface area contributed by atoms with Crippen molar-refractivity contribution in [3.63, 3.8) is 0 Å². The van der Waals surface area contributed by atoms with Crippen LogP contribution in [0, 0.1) is 0 Å². The number of rotatable bonds is 6. The van der Waals surface area contributed by atoms with Crippen LogP contribution in [0.2, 0.25) is 5.02 Å². The second-order valence-electron chi connectivity index (χ2n) is 9.39. The van der Waals surface area contributed by atoms with Gasteiger partial charge in [0.2, 0.25) is 11.8 Å². The highest BCUT2D eigenvalue weighted by molar-refractivity contribution is 7.91. The van der Waals surface area contributed by atoms with Crippen molar-refractivity contribution in [1.82, 2.24) is 15.5 Å². The maximum atomic E-state index is 12.7. The molecule has 32 heavy (non-hydrogen) atoms. The zero-order chi connectivity index (χ0) is 22.4. The molecule has 4 aliphatic rings. The Morgan fingerprint density at radius 3 is 2.34 bits per heavy atom. The van der Waals surface area contributed by atoms with Crippen LogP contribution in [0.4, 0.5) is 0 Å². The predicted octanol–water partition coefficient (Wildman–Crippen LogP) is 3.62. The first-order chi connectivity index (χ1) is 15.1. The van der Waals surface area contributed by atoms with E-state index in [0.29, 0.717) is 35.4 Å². The highest BCUT2D eigenvalue weighted by Gasteiger charge is 2.72. The van der Waals surface area contributed by atoms with E-state index in [-0.39, 0.29) is 22.6 Å². The summed E-state index contributed by atoms with van der Waals surface area (Å²) in [6.07, 6.45) is 4.40. The first-order valence-corrected chi connectivity index (χ1v) is 12.6. The first-order valence-electron chi connectivity index (χ1n) is 10.4. The molecule has 7 rings (SSSR count). The molecule has 1 N–H and O–H groups in total. The number of nitrogens with one attached hydrogen (secondary N) is 1. The summed E-state index contributed by atoms with van der Waals surface area (Å²) in [4.78, 5) is 12.7. The predicted molar refractivity (Wildman–Crippen MR) is 115 cm³/mol. The van der Waals surface area contributed by atoms with Gasteiger partial charge in [-0.05, 0) is 68.5 Å². The van der Waals surface area contributed by atoms with Crippen LogP contribution in [0.5, 0.6) is 0 Å². The number of furan rings is 1. The fraction of sp³-hybridized carbons (Fsp3) is 0.409. The van der Waals surface area contributed by atoms with E-state index in [9.17, 15) is 13.2 Å². The molecule has 2 aromatic heterocycles. The summed E-state index contributed by atoms with van der Waals surface area (Å²) in [7, 11) is -3.29. The van der Waals surface area contributed by atoms with Crippen LogP contribution in [0.15, 0.2) is 45.2 Å². The van der Waals surface area contributed by atoms with Crippen LogP contribution >= 0.6 is 11.6 Å². The number of sulfone groups is 1. The Morgan fingerprint density at radius 1 is 1.03 bits per heavy atom. The molecule has 1 aromatic carbocycles. The summed E-state index contributed by atoms with van der Waals surface area (Å²) in [5, 5.41) is 12.1. The molecule has 0 spiro atoms. The molecule has 4 saturated carbocycles. The summed E-state index contributed by atoms with van der Waals surface area (Å²) in [6.45, 7) is 0. The lowest BCUT2D eigenvalue weighted by Gasteiger charge is -2.68. The maximum Gasteiger partial charge on any atom is 0.287 e. The van der Waals surface area contributed by atoms with Gasteiger partial charge >= 0.3 is 0 Å². The summed E-state index contributed by atoms with van der Waals surface area (Å²) < 4.78 is 34.8. The van der Waals surface area contributed by atoms with Crippen molar-refractivity contribution in [3.05, 3.63) is 58.8 Å². The first kappa shape index (κ1) is 20.0. The quantitative estimate of drug-likeness (QED) is 0.581. The zero-order valence-corrected chi connectivity index (χ0v) is 18.8. The molecule has 0 aliphatic heterocycles. The van der Waals surface area contributed by atoms with Gasteiger partial charge in [0.25, 0.3) is 5.91 Å². The van der Waals surface area contributed by atoms with Gasteiger partial charge in [0.15, 0.2) is 15.6 Å². The Morgan fingerprint density at radius 2 is 1.72 bits per heavy atom. The van der Waals surface area contributed by atoms with Crippen molar-refractivity contribution < 1.29 is 22.0 Å². The lowest BCUT2D eigenvalue weighted by molar-refractivity contribution is -0.0964. The second kappa shape index (κ2) is 6.23. The van der Waals surface area contributed by atoms with Gasteiger partial charge in [-0.3, -0.25) is 4.79 Å². The van der Waals surface area contributed by atoms with Crippen molar-refractivity contribution >= 4 is 27.3 Å². The van der Waals surface area contributed by atoms with Crippen LogP contribution in [-0.4, -0.2) is 36.3 Å². The van der Waals surface area contributed by atoms with Crippen molar-refractivity contribution in [2.75, 3.05) is 6.26 Å². The fourth-order valence-electron chi connectivity index (χ4n) is 5.21. The van der Waals surface area contributed by atoms with Gasteiger partial charge in [-0.1, -0.05) is 11.6 Å². The highest BCUT2D eigenvalue weighted by Crippen LogP contribution is 2.67. The Hall–Kier alpha value is -2.65. The topological polar surface area (TPSA) is 115 Å². The number of hydrogen-bond acceptors (Lipinski definition) is 7. The number of carbonyl (C=O) groups is 1. The third-order valence-electron chi connectivity index (χ3n) is 7.07. The summed E-state index contributed by atoms with van der Waals surface area (Å²) >= 11 is 5.93. The number of halogens is 1. The van der Waals surface area contributed by atoms with Crippen LogP contribution in [0.3, 0.4) is 0 Å². The molecule has 0 unspecified atom stereocenters. The number of hydrogen-bond donors (Lipinski definition) is 1. The van der Waals surface area contributed by atoms with Gasteiger partial charge < -0.3 is 14.2 Å². The van der Waals surface area contributed by atoms with Gasteiger partial charge in [0, 0.05) is 22.4 Å². The van der Waals surface area contributed by atoms with Gasteiger partial charge in [0.1, 0.15) is 10.5 Å². The molecular formula is C22H20ClN3O5S. The molecule has 0 saturated heterocycles. The maximum absolute atomic E-state index is 12.7. The largest absolute Gasteiger partial charge is 0.454 e. The fourth-order valence-corrected chi connectivity index (χ4v) is 6.66. The SMILES string of the molecule is CS(=O)(=O)C1(c2ccc(C(=O)NC34CC(c5nnc(-c6ccc(Cl)cc6)o5)(C3)C4)o2)CC1. The van der Waals surface area contributed by atoms with Crippen LogP contribution in [0.25, 0.3) is 11.5 Å². The van der Waals surface area contributed by atoms with Gasteiger partial charge in [-0.2, -0.15) is 0 Å². The van der Waals surface area contributed by atoms with E-state index in [1.54, 1.807) is 24.3 Å². The number of aromatic nitrogens is 2. The van der Waals surface area contributed by atoms with Crippen LogP contribution < -0.4 is 5.32 Å². The molecule has 3 aromatic rings. The Labute approximate surface area is 189 Å². The second-order valence-corrected chi connectivity index (χ2v) is 12.2. The molecule has 2 heterocycles. The number of carbonyl (C=O) groups excluding carboxylic acids is 1. The molecule has 10 heteroatoms. The molecule has 4 fully saturated rings. The number of nitrogens with zero attached hydrogens (tertiary/aromatic N) is 2. The third kappa shape index (κ3) is 2.80. The molecule has 4 aliphatic carbocycles. The minimum absolute atomic E-state index is 0.136. The van der Waals surface area contributed by atoms with Crippen molar-refractivity contribution in [2.45, 2.75) is 47.8 Å². The molecule has 166 valence electrons. The molecule has 0 atom stereocenters. The Bertz CT molecular complexity index is 1330. The summed E-state index contributed by atoms with van der Waals surface area (Å²) in [5.41, 5.74) is 0.291. The average Bonchev–Trinajstić information content (AvgIpc) is 3.14. The van der Waals surface area contributed by atoms with E-state index in [1.165, 1.54) is 6.26 Å².